The zero-order valence-electron chi connectivity index (χ0n) is 19.7. The highest BCUT2D eigenvalue weighted by Crippen LogP contribution is 2.39. The van der Waals surface area contributed by atoms with Gasteiger partial charge in [0.2, 0.25) is 0 Å². The molecule has 0 radical (unpaired) electrons. The summed E-state index contributed by atoms with van der Waals surface area (Å²) in [5.41, 5.74) is 2.68. The van der Waals surface area contributed by atoms with Gasteiger partial charge in [0.25, 0.3) is 0 Å². The molecule has 0 amide bonds. The second-order valence-corrected chi connectivity index (χ2v) is 9.16. The zero-order valence-corrected chi connectivity index (χ0v) is 19.7. The van der Waals surface area contributed by atoms with E-state index in [1.54, 1.807) is 24.5 Å². The number of fused-ring (bicyclic) bond motifs is 1. The molecule has 6 rings (SSSR count). The number of benzene rings is 2. The average Bonchev–Trinajstić information content (AvgIpc) is 3.68. The average molecular weight is 505 g/mol. The Bertz CT molecular complexity index is 1540. The van der Waals surface area contributed by atoms with Crippen molar-refractivity contribution in [2.45, 2.75) is 44.5 Å². The van der Waals surface area contributed by atoms with Crippen LogP contribution in [0.2, 0.25) is 0 Å². The van der Waals surface area contributed by atoms with E-state index in [-0.39, 0.29) is 23.7 Å². The van der Waals surface area contributed by atoms with Crippen LogP contribution < -0.4 is 4.74 Å². The van der Waals surface area contributed by atoms with E-state index in [1.807, 2.05) is 24.5 Å². The molecule has 1 fully saturated rings. The Balaban J connectivity index is 1.27. The third kappa shape index (κ3) is 4.66. The third-order valence-corrected chi connectivity index (χ3v) is 6.71. The highest BCUT2D eigenvalue weighted by molar-refractivity contribution is 5.81. The van der Waals surface area contributed by atoms with Crippen LogP contribution in [-0.4, -0.2) is 29.7 Å². The summed E-state index contributed by atoms with van der Waals surface area (Å²) >= 11 is 0. The first-order valence-corrected chi connectivity index (χ1v) is 12.1. The molecule has 2 aromatic carbocycles. The van der Waals surface area contributed by atoms with Gasteiger partial charge in [-0.25, -0.2) is 9.97 Å². The van der Waals surface area contributed by atoms with Crippen LogP contribution in [0, 0.1) is 0 Å². The minimum Gasteiger partial charge on any atom is -0.488 e. The molecule has 3 aromatic heterocycles. The number of pyridine rings is 1. The Morgan fingerprint density at radius 1 is 1.03 bits per heavy atom. The Morgan fingerprint density at radius 3 is 2.65 bits per heavy atom. The Hall–Kier alpha value is -4.21. The summed E-state index contributed by atoms with van der Waals surface area (Å²) in [5.74, 6) is 0.354. The van der Waals surface area contributed by atoms with Gasteiger partial charge in [0.15, 0.2) is 11.6 Å². The van der Waals surface area contributed by atoms with Gasteiger partial charge in [0, 0.05) is 35.1 Å². The van der Waals surface area contributed by atoms with Gasteiger partial charge in [-0.3, -0.25) is 10.1 Å². The van der Waals surface area contributed by atoms with Crippen molar-refractivity contribution in [1.29, 1.82) is 0 Å². The second-order valence-electron chi connectivity index (χ2n) is 9.16. The Kier molecular flexibility index (Phi) is 5.86. The van der Waals surface area contributed by atoms with Crippen molar-refractivity contribution in [2.24, 2.45) is 0 Å². The summed E-state index contributed by atoms with van der Waals surface area (Å²) < 4.78 is 49.3. The van der Waals surface area contributed by atoms with E-state index >= 15 is 0 Å². The fourth-order valence-electron chi connectivity index (χ4n) is 4.83. The molecule has 37 heavy (non-hydrogen) atoms. The van der Waals surface area contributed by atoms with Gasteiger partial charge in [-0.15, -0.1) is 0 Å². The predicted octanol–water partition coefficient (Wildman–Crippen LogP) is 6.60. The minimum absolute atomic E-state index is 0.0277. The SMILES string of the molecule is FC(F)(F)c1cc(-c2n[nH]c(-c3ccc4c(c3)ncn4C3CCCC3)n2)ccc1OCc1cccnc1. The van der Waals surface area contributed by atoms with Crippen molar-refractivity contribution in [3.05, 3.63) is 78.4 Å². The second kappa shape index (κ2) is 9.34. The van der Waals surface area contributed by atoms with E-state index in [4.69, 9.17) is 4.74 Å². The molecule has 10 heteroatoms. The van der Waals surface area contributed by atoms with Crippen LogP contribution in [-0.2, 0) is 12.8 Å². The topological polar surface area (TPSA) is 81.5 Å². The number of hydrogen-bond donors (Lipinski definition) is 1. The van der Waals surface area contributed by atoms with Gasteiger partial charge in [-0.2, -0.15) is 18.3 Å². The van der Waals surface area contributed by atoms with Crippen molar-refractivity contribution in [3.8, 4) is 28.5 Å². The molecule has 1 aliphatic carbocycles. The van der Waals surface area contributed by atoms with Gasteiger partial charge < -0.3 is 9.30 Å². The lowest BCUT2D eigenvalue weighted by atomic mass is 10.1. The molecule has 0 spiro atoms. The fraction of sp³-hybridized carbons (Fsp3) is 0.259. The van der Waals surface area contributed by atoms with Crippen LogP contribution in [0.25, 0.3) is 33.8 Å². The van der Waals surface area contributed by atoms with Crippen LogP contribution in [0.4, 0.5) is 13.2 Å². The molecule has 7 nitrogen and oxygen atoms in total. The van der Waals surface area contributed by atoms with E-state index < -0.39 is 11.7 Å². The summed E-state index contributed by atoms with van der Waals surface area (Å²) in [6.07, 6.45) is 5.19. The molecule has 0 unspecified atom stereocenters. The van der Waals surface area contributed by atoms with Gasteiger partial charge in [0.05, 0.1) is 22.9 Å². The van der Waals surface area contributed by atoms with Crippen molar-refractivity contribution >= 4 is 11.0 Å². The van der Waals surface area contributed by atoms with E-state index in [9.17, 15) is 13.2 Å². The normalized spacial score (nSPS) is 14.5. The minimum atomic E-state index is -4.61. The standard InChI is InChI=1S/C27H23F3N6O/c28-27(29,30)21-12-18(8-10-24(21)37-15-17-4-3-11-31-14-17)25-33-26(35-34-25)19-7-9-23-22(13-19)32-16-36(23)20-5-1-2-6-20/h3-4,7-14,16,20H,1-2,5-6,15H2,(H,33,34,35). The van der Waals surface area contributed by atoms with E-state index in [0.717, 1.165) is 35.5 Å². The number of H-pyrrole nitrogens is 1. The van der Waals surface area contributed by atoms with E-state index in [0.29, 0.717) is 17.4 Å². The highest BCUT2D eigenvalue weighted by atomic mass is 19.4. The first-order valence-electron chi connectivity index (χ1n) is 12.1. The maximum absolute atomic E-state index is 13.9. The number of alkyl halides is 3. The Labute approximate surface area is 210 Å². The lowest BCUT2D eigenvalue weighted by Crippen LogP contribution is -2.09. The number of halogens is 3. The largest absolute Gasteiger partial charge is 0.488 e. The summed E-state index contributed by atoms with van der Waals surface area (Å²) in [7, 11) is 0. The number of imidazole rings is 1. The van der Waals surface area contributed by atoms with E-state index in [1.165, 1.54) is 25.0 Å². The number of hydrogen-bond acceptors (Lipinski definition) is 5. The van der Waals surface area contributed by atoms with Crippen molar-refractivity contribution < 1.29 is 17.9 Å². The molecule has 0 aliphatic heterocycles. The van der Waals surface area contributed by atoms with Gasteiger partial charge in [-0.05, 0) is 55.3 Å². The van der Waals surface area contributed by atoms with Crippen molar-refractivity contribution in [3.63, 3.8) is 0 Å². The molecule has 5 aromatic rings. The zero-order chi connectivity index (χ0) is 25.4. The van der Waals surface area contributed by atoms with Gasteiger partial charge in [0.1, 0.15) is 12.4 Å². The predicted molar refractivity (Wildman–Crippen MR) is 132 cm³/mol. The monoisotopic (exact) mass is 504 g/mol. The molecule has 0 atom stereocenters. The number of aromatic amines is 1. The highest BCUT2D eigenvalue weighted by Gasteiger charge is 2.35. The maximum Gasteiger partial charge on any atom is 0.419 e. The number of aromatic nitrogens is 6. The fourth-order valence-corrected chi connectivity index (χ4v) is 4.83. The van der Waals surface area contributed by atoms with Crippen molar-refractivity contribution in [1.82, 2.24) is 29.7 Å². The molecule has 0 bridgehead atoms. The lowest BCUT2D eigenvalue weighted by molar-refractivity contribution is -0.139. The summed E-state index contributed by atoms with van der Waals surface area (Å²) in [5, 5.41) is 7.03. The number of nitrogens with one attached hydrogen (secondary N) is 1. The van der Waals surface area contributed by atoms with Gasteiger partial charge >= 0.3 is 6.18 Å². The number of rotatable bonds is 6. The van der Waals surface area contributed by atoms with Crippen molar-refractivity contribution in [2.75, 3.05) is 0 Å². The first kappa shape index (κ1) is 23.2. The molecule has 1 N–H and O–H groups in total. The molecule has 1 saturated carbocycles. The maximum atomic E-state index is 13.9. The van der Waals surface area contributed by atoms with Crippen LogP contribution in [0.3, 0.4) is 0 Å². The van der Waals surface area contributed by atoms with Crippen LogP contribution in [0.15, 0.2) is 67.3 Å². The van der Waals surface area contributed by atoms with Crippen LogP contribution in [0.1, 0.15) is 42.9 Å². The summed E-state index contributed by atoms with van der Waals surface area (Å²) in [6.45, 7) is -0.0277. The summed E-state index contributed by atoms with van der Waals surface area (Å²) in [6, 6.07) is 13.6. The quantitative estimate of drug-likeness (QED) is 0.282. The van der Waals surface area contributed by atoms with E-state index in [2.05, 4.69) is 29.7 Å². The van der Waals surface area contributed by atoms with Crippen LogP contribution >= 0.6 is 0 Å². The molecule has 0 saturated heterocycles. The number of nitrogens with zero attached hydrogens (tertiary/aromatic N) is 5. The smallest absolute Gasteiger partial charge is 0.419 e. The molecular formula is C27H23F3N6O. The molecule has 188 valence electrons. The molecule has 1 aliphatic rings. The molecular weight excluding hydrogens is 481 g/mol. The lowest BCUT2D eigenvalue weighted by Gasteiger charge is -2.15. The first-order chi connectivity index (χ1) is 18.0. The van der Waals surface area contributed by atoms with Gasteiger partial charge in [-0.1, -0.05) is 18.9 Å². The van der Waals surface area contributed by atoms with Crippen LogP contribution in [0.5, 0.6) is 5.75 Å². The number of ether oxygens (including phenoxy) is 1. The summed E-state index contributed by atoms with van der Waals surface area (Å²) in [4.78, 5) is 13.0. The Morgan fingerprint density at radius 2 is 1.86 bits per heavy atom. The molecule has 3 heterocycles. The third-order valence-electron chi connectivity index (χ3n) is 6.71.